The first-order valence-electron chi connectivity index (χ1n) is 10.5. The van der Waals surface area contributed by atoms with Crippen molar-refractivity contribution in [2.45, 2.75) is 33.2 Å². The largest absolute Gasteiger partial charge is 0.396 e. The van der Waals surface area contributed by atoms with Crippen molar-refractivity contribution in [1.29, 1.82) is 0 Å². The van der Waals surface area contributed by atoms with Gasteiger partial charge in [0.05, 0.1) is 11.8 Å². The van der Waals surface area contributed by atoms with E-state index in [0.29, 0.717) is 6.42 Å². The molecule has 1 aliphatic heterocycles. The number of benzene rings is 1. The molecular weight excluding hydrogens is 382 g/mol. The zero-order chi connectivity index (χ0) is 22.0. The molecule has 1 aliphatic carbocycles. The minimum atomic E-state index is -0.719. The molecule has 7 heteroatoms. The summed E-state index contributed by atoms with van der Waals surface area (Å²) in [5, 5.41) is 15.0. The minimum Gasteiger partial charge on any atom is -0.396 e. The Morgan fingerprint density at radius 1 is 1.13 bits per heavy atom. The van der Waals surface area contributed by atoms with Crippen molar-refractivity contribution in [2.24, 2.45) is 23.7 Å². The molecule has 3 amide bonds. The highest BCUT2D eigenvalue weighted by molar-refractivity contribution is 6.02. The van der Waals surface area contributed by atoms with Crippen LogP contribution in [0.1, 0.15) is 24.5 Å². The van der Waals surface area contributed by atoms with E-state index in [0.717, 1.165) is 16.8 Å². The van der Waals surface area contributed by atoms with E-state index in [1.165, 1.54) is 0 Å². The topological polar surface area (TPSA) is 98.7 Å². The van der Waals surface area contributed by atoms with Gasteiger partial charge in [-0.15, -0.1) is 0 Å². The second-order valence-electron chi connectivity index (χ2n) is 8.30. The van der Waals surface area contributed by atoms with Crippen molar-refractivity contribution in [3.63, 3.8) is 0 Å². The number of rotatable bonds is 6. The summed E-state index contributed by atoms with van der Waals surface area (Å²) in [6.07, 6.45) is 4.23. The molecule has 30 heavy (non-hydrogen) atoms. The molecule has 0 unspecified atom stereocenters. The third kappa shape index (κ3) is 3.86. The lowest BCUT2D eigenvalue weighted by Crippen LogP contribution is -2.45. The van der Waals surface area contributed by atoms with E-state index in [1.807, 2.05) is 51.1 Å². The highest BCUT2D eigenvalue weighted by Gasteiger charge is 2.56. The van der Waals surface area contributed by atoms with Gasteiger partial charge < -0.3 is 20.6 Å². The first kappa shape index (κ1) is 22.0. The molecule has 162 valence electrons. The molecule has 0 bridgehead atoms. The average Bonchev–Trinajstić information content (AvgIpc) is 3.00. The molecule has 0 radical (unpaired) electrons. The number of hydrogen-bond acceptors (Lipinski definition) is 4. The monoisotopic (exact) mass is 413 g/mol. The van der Waals surface area contributed by atoms with Gasteiger partial charge in [0, 0.05) is 31.8 Å². The summed E-state index contributed by atoms with van der Waals surface area (Å²) in [5.41, 5.74) is 2.64. The highest BCUT2D eigenvalue weighted by atomic mass is 16.3. The normalized spacial score (nSPS) is 27.7. The van der Waals surface area contributed by atoms with E-state index in [9.17, 15) is 19.5 Å². The standard InChI is InChI=1S/C23H31N3O4/c1-13-9-10-16-18(17(13)21(28)24-4)23(30)26(11-6-12-27)20(16)22(29)25-19-14(2)7-5-8-15(19)3/h5,7-10,13,16-18,20,27H,6,11-12H2,1-4H3,(H,24,28)(H,25,29)/t13-,16+,17-,18-,20+/m1/s1. The molecule has 0 spiro atoms. The van der Waals surface area contributed by atoms with Crippen molar-refractivity contribution >= 4 is 23.4 Å². The van der Waals surface area contributed by atoms with Gasteiger partial charge >= 0.3 is 0 Å². The van der Waals surface area contributed by atoms with Crippen molar-refractivity contribution in [2.75, 3.05) is 25.5 Å². The van der Waals surface area contributed by atoms with Crippen LogP contribution in [0, 0.1) is 37.5 Å². The van der Waals surface area contributed by atoms with E-state index < -0.39 is 17.9 Å². The molecule has 5 atom stereocenters. The van der Waals surface area contributed by atoms with E-state index in [1.54, 1.807) is 11.9 Å². The predicted octanol–water partition coefficient (Wildman–Crippen LogP) is 1.64. The Morgan fingerprint density at radius 2 is 1.80 bits per heavy atom. The summed E-state index contributed by atoms with van der Waals surface area (Å²) >= 11 is 0. The van der Waals surface area contributed by atoms with E-state index in [2.05, 4.69) is 10.6 Å². The van der Waals surface area contributed by atoms with Crippen molar-refractivity contribution in [1.82, 2.24) is 10.2 Å². The molecule has 0 aromatic heterocycles. The number of aryl methyl sites for hydroxylation is 2. The fraction of sp³-hybridized carbons (Fsp3) is 0.522. The molecule has 1 saturated heterocycles. The summed E-state index contributed by atoms with van der Waals surface area (Å²) in [5.74, 6) is -2.24. The summed E-state index contributed by atoms with van der Waals surface area (Å²) < 4.78 is 0. The molecule has 1 aromatic rings. The number of amides is 3. The zero-order valence-electron chi connectivity index (χ0n) is 18.0. The Hall–Kier alpha value is -2.67. The van der Waals surface area contributed by atoms with E-state index in [4.69, 9.17) is 0 Å². The summed E-state index contributed by atoms with van der Waals surface area (Å²) in [4.78, 5) is 40.9. The Morgan fingerprint density at radius 3 is 2.40 bits per heavy atom. The minimum absolute atomic E-state index is 0.0739. The van der Waals surface area contributed by atoms with Gasteiger partial charge in [-0.2, -0.15) is 0 Å². The van der Waals surface area contributed by atoms with Crippen LogP contribution in [0.25, 0.3) is 0 Å². The first-order chi connectivity index (χ1) is 14.3. The van der Waals surface area contributed by atoms with Crippen LogP contribution in [0.2, 0.25) is 0 Å². The lowest BCUT2D eigenvalue weighted by atomic mass is 9.70. The predicted molar refractivity (Wildman–Crippen MR) is 115 cm³/mol. The van der Waals surface area contributed by atoms with Gasteiger partial charge in [0.2, 0.25) is 17.7 Å². The number of nitrogens with zero attached hydrogens (tertiary/aromatic N) is 1. The lowest BCUT2D eigenvalue weighted by molar-refractivity contribution is -0.140. The van der Waals surface area contributed by atoms with Crippen LogP contribution in [0.4, 0.5) is 5.69 Å². The average molecular weight is 414 g/mol. The van der Waals surface area contributed by atoms with Crippen LogP contribution in [0.15, 0.2) is 30.4 Å². The van der Waals surface area contributed by atoms with Crippen LogP contribution in [-0.2, 0) is 14.4 Å². The molecule has 3 rings (SSSR count). The number of hydrogen-bond donors (Lipinski definition) is 3. The number of carbonyl (C=O) groups is 3. The Balaban J connectivity index is 1.98. The zero-order valence-corrected chi connectivity index (χ0v) is 18.0. The highest BCUT2D eigenvalue weighted by Crippen LogP contribution is 2.44. The Bertz CT molecular complexity index is 846. The Labute approximate surface area is 177 Å². The summed E-state index contributed by atoms with van der Waals surface area (Å²) in [7, 11) is 1.57. The third-order valence-electron chi connectivity index (χ3n) is 6.38. The maximum absolute atomic E-state index is 13.4. The number of nitrogens with one attached hydrogen (secondary N) is 2. The fourth-order valence-corrected chi connectivity index (χ4v) is 4.85. The number of fused-ring (bicyclic) bond motifs is 1. The number of para-hydroxylation sites is 1. The van der Waals surface area contributed by atoms with E-state index in [-0.39, 0.29) is 42.7 Å². The van der Waals surface area contributed by atoms with Crippen molar-refractivity contribution in [3.8, 4) is 0 Å². The molecule has 7 nitrogen and oxygen atoms in total. The van der Waals surface area contributed by atoms with Gasteiger partial charge in [0.25, 0.3) is 0 Å². The third-order valence-corrected chi connectivity index (χ3v) is 6.38. The molecular formula is C23H31N3O4. The molecule has 0 saturated carbocycles. The quantitative estimate of drug-likeness (QED) is 0.618. The van der Waals surface area contributed by atoms with Gasteiger partial charge in [0.15, 0.2) is 0 Å². The number of anilines is 1. The lowest BCUT2D eigenvalue weighted by Gasteiger charge is -2.32. The van der Waals surface area contributed by atoms with Crippen LogP contribution in [-0.4, -0.2) is 54.0 Å². The van der Waals surface area contributed by atoms with Gasteiger partial charge in [-0.3, -0.25) is 14.4 Å². The van der Waals surface area contributed by atoms with Gasteiger partial charge in [-0.25, -0.2) is 0 Å². The van der Waals surface area contributed by atoms with Gasteiger partial charge in [-0.05, 0) is 37.3 Å². The molecule has 1 aromatic carbocycles. The van der Waals surface area contributed by atoms with Crippen molar-refractivity contribution in [3.05, 3.63) is 41.5 Å². The second kappa shape index (κ2) is 9.00. The van der Waals surface area contributed by atoms with Gasteiger partial charge in [-0.1, -0.05) is 37.3 Å². The number of likely N-dealkylation sites (tertiary alicyclic amines) is 1. The van der Waals surface area contributed by atoms with Gasteiger partial charge in [0.1, 0.15) is 6.04 Å². The van der Waals surface area contributed by atoms with Crippen LogP contribution in [0.3, 0.4) is 0 Å². The smallest absolute Gasteiger partial charge is 0.247 e. The number of aliphatic hydroxyl groups excluding tert-OH is 1. The van der Waals surface area contributed by atoms with Crippen LogP contribution >= 0.6 is 0 Å². The molecule has 2 aliphatic rings. The van der Waals surface area contributed by atoms with Crippen LogP contribution < -0.4 is 10.6 Å². The number of aliphatic hydroxyl groups is 1. The molecule has 1 fully saturated rings. The maximum Gasteiger partial charge on any atom is 0.247 e. The SMILES string of the molecule is CNC(=O)[C@H]1[C@@H]2C(=O)N(CCCO)[C@H](C(=O)Nc3c(C)cccc3C)[C@H]2C=C[C@H]1C. The maximum atomic E-state index is 13.4. The number of allylic oxidation sites excluding steroid dienone is 1. The second-order valence-corrected chi connectivity index (χ2v) is 8.30. The van der Waals surface area contributed by atoms with Crippen LogP contribution in [0.5, 0.6) is 0 Å². The molecule has 1 heterocycles. The summed E-state index contributed by atoms with van der Waals surface area (Å²) in [6, 6.07) is 5.07. The van der Waals surface area contributed by atoms with Crippen molar-refractivity contribution < 1.29 is 19.5 Å². The first-order valence-corrected chi connectivity index (χ1v) is 10.5. The van der Waals surface area contributed by atoms with E-state index >= 15 is 0 Å². The summed E-state index contributed by atoms with van der Waals surface area (Å²) in [6.45, 7) is 5.98. The Kier molecular flexibility index (Phi) is 6.61. The fourth-order valence-electron chi connectivity index (χ4n) is 4.85. The molecule has 3 N–H and O–H groups in total. The number of carbonyl (C=O) groups excluding carboxylic acids is 3.